The van der Waals surface area contributed by atoms with E-state index in [0.717, 1.165) is 41.6 Å². The molecule has 1 N–H and O–H groups in total. The SMILES string of the molecule is CCc1csc(CCc2ccn3c(=O)cc(O)nc3c2)n1. The zero-order valence-corrected chi connectivity index (χ0v) is 12.4. The van der Waals surface area contributed by atoms with E-state index in [9.17, 15) is 9.90 Å². The number of pyridine rings is 1. The molecule has 0 aliphatic heterocycles. The summed E-state index contributed by atoms with van der Waals surface area (Å²) in [6.07, 6.45) is 4.35. The topological polar surface area (TPSA) is 67.5 Å². The van der Waals surface area contributed by atoms with Crippen LogP contribution in [0.2, 0.25) is 0 Å². The highest BCUT2D eigenvalue weighted by atomic mass is 32.1. The summed E-state index contributed by atoms with van der Waals surface area (Å²) in [5.74, 6) is -0.246. The predicted molar refractivity (Wildman–Crippen MR) is 82.0 cm³/mol. The van der Waals surface area contributed by atoms with Crippen LogP contribution in [0.4, 0.5) is 0 Å². The highest BCUT2D eigenvalue weighted by Crippen LogP contribution is 2.14. The number of hydrogen-bond donors (Lipinski definition) is 1. The van der Waals surface area contributed by atoms with Crippen LogP contribution >= 0.6 is 11.3 Å². The van der Waals surface area contributed by atoms with Gasteiger partial charge in [-0.3, -0.25) is 9.20 Å². The molecule has 3 aromatic heterocycles. The molecular formula is C15H15N3O2S. The first-order chi connectivity index (χ1) is 10.2. The second kappa shape index (κ2) is 5.65. The summed E-state index contributed by atoms with van der Waals surface area (Å²) in [4.78, 5) is 20.2. The minimum absolute atomic E-state index is 0.246. The lowest BCUT2D eigenvalue weighted by Crippen LogP contribution is -2.13. The number of hydrogen-bond acceptors (Lipinski definition) is 5. The molecule has 0 fully saturated rings. The molecule has 0 aromatic carbocycles. The van der Waals surface area contributed by atoms with E-state index >= 15 is 0 Å². The molecule has 6 heteroatoms. The van der Waals surface area contributed by atoms with E-state index in [1.165, 1.54) is 4.40 Å². The van der Waals surface area contributed by atoms with Gasteiger partial charge in [-0.25, -0.2) is 4.98 Å². The first-order valence-corrected chi connectivity index (χ1v) is 7.68. The van der Waals surface area contributed by atoms with Gasteiger partial charge in [0, 0.05) is 18.0 Å². The van der Waals surface area contributed by atoms with E-state index in [1.807, 2.05) is 12.1 Å². The Morgan fingerprint density at radius 2 is 2.14 bits per heavy atom. The molecule has 0 saturated heterocycles. The van der Waals surface area contributed by atoms with Crippen molar-refractivity contribution >= 4 is 17.0 Å². The van der Waals surface area contributed by atoms with Crippen LogP contribution in [0.5, 0.6) is 5.88 Å². The van der Waals surface area contributed by atoms with Gasteiger partial charge in [-0.15, -0.1) is 11.3 Å². The van der Waals surface area contributed by atoms with Gasteiger partial charge in [0.2, 0.25) is 5.88 Å². The molecule has 0 radical (unpaired) electrons. The summed E-state index contributed by atoms with van der Waals surface area (Å²) in [7, 11) is 0. The summed E-state index contributed by atoms with van der Waals surface area (Å²) in [6, 6.07) is 4.84. The second-order valence-corrected chi connectivity index (χ2v) is 5.74. The summed E-state index contributed by atoms with van der Waals surface area (Å²) < 4.78 is 1.42. The molecule has 0 spiro atoms. The fourth-order valence-corrected chi connectivity index (χ4v) is 3.05. The molecule has 3 rings (SSSR count). The molecule has 0 saturated carbocycles. The third-order valence-electron chi connectivity index (χ3n) is 3.31. The number of aromatic nitrogens is 3. The van der Waals surface area contributed by atoms with Crippen molar-refractivity contribution in [2.75, 3.05) is 0 Å². The van der Waals surface area contributed by atoms with E-state index in [0.29, 0.717) is 5.65 Å². The van der Waals surface area contributed by atoms with Crippen molar-refractivity contribution in [1.29, 1.82) is 0 Å². The average Bonchev–Trinajstić information content (AvgIpc) is 2.92. The molecule has 0 unspecified atom stereocenters. The van der Waals surface area contributed by atoms with Crippen molar-refractivity contribution < 1.29 is 5.11 Å². The maximum atomic E-state index is 11.7. The Hall–Kier alpha value is -2.21. The van der Waals surface area contributed by atoms with E-state index in [4.69, 9.17) is 0 Å². The van der Waals surface area contributed by atoms with Crippen molar-refractivity contribution in [2.24, 2.45) is 0 Å². The molecule has 3 heterocycles. The number of nitrogens with zero attached hydrogens (tertiary/aromatic N) is 3. The van der Waals surface area contributed by atoms with E-state index in [-0.39, 0.29) is 11.4 Å². The predicted octanol–water partition coefficient (Wildman–Crippen LogP) is 2.20. The van der Waals surface area contributed by atoms with Gasteiger partial charge in [0.1, 0.15) is 5.65 Å². The van der Waals surface area contributed by atoms with Crippen molar-refractivity contribution in [3.05, 3.63) is 56.4 Å². The third kappa shape index (κ3) is 2.95. The Kier molecular flexibility index (Phi) is 3.70. The van der Waals surface area contributed by atoms with E-state index in [2.05, 4.69) is 22.3 Å². The summed E-state index contributed by atoms with van der Waals surface area (Å²) in [5, 5.41) is 12.6. The lowest BCUT2D eigenvalue weighted by Gasteiger charge is -2.04. The number of rotatable bonds is 4. The standard InChI is InChI=1S/C15H15N3O2S/c1-2-11-9-21-14(16-11)4-3-10-5-6-18-12(7-10)17-13(19)8-15(18)20/h5-9,19H,2-4H2,1H3. The zero-order valence-electron chi connectivity index (χ0n) is 11.6. The quantitative estimate of drug-likeness (QED) is 0.802. The Bertz CT molecular complexity index is 838. The lowest BCUT2D eigenvalue weighted by molar-refractivity contribution is 0.453. The monoisotopic (exact) mass is 301 g/mol. The maximum Gasteiger partial charge on any atom is 0.261 e. The highest BCUT2D eigenvalue weighted by Gasteiger charge is 2.05. The molecular weight excluding hydrogens is 286 g/mol. The molecule has 0 atom stereocenters. The van der Waals surface area contributed by atoms with Gasteiger partial charge in [-0.2, -0.15) is 4.98 Å². The first kappa shape index (κ1) is 13.8. The smallest absolute Gasteiger partial charge is 0.261 e. The van der Waals surface area contributed by atoms with Gasteiger partial charge in [0.15, 0.2) is 0 Å². The largest absolute Gasteiger partial charge is 0.493 e. The van der Waals surface area contributed by atoms with Crippen LogP contribution in [0.25, 0.3) is 5.65 Å². The summed E-state index contributed by atoms with van der Waals surface area (Å²) >= 11 is 1.68. The maximum absolute atomic E-state index is 11.7. The zero-order chi connectivity index (χ0) is 14.8. The number of fused-ring (bicyclic) bond motifs is 1. The van der Waals surface area contributed by atoms with Gasteiger partial charge in [-0.1, -0.05) is 6.92 Å². The average molecular weight is 301 g/mol. The lowest BCUT2D eigenvalue weighted by atomic mass is 10.1. The van der Waals surface area contributed by atoms with Gasteiger partial charge in [-0.05, 0) is 30.5 Å². The van der Waals surface area contributed by atoms with E-state index < -0.39 is 0 Å². The van der Waals surface area contributed by atoms with Crippen LogP contribution in [0.15, 0.2) is 34.6 Å². The van der Waals surface area contributed by atoms with Crippen molar-refractivity contribution in [3.63, 3.8) is 0 Å². The fourth-order valence-electron chi connectivity index (χ4n) is 2.17. The fraction of sp³-hybridized carbons (Fsp3) is 0.267. The van der Waals surface area contributed by atoms with Gasteiger partial charge >= 0.3 is 0 Å². The van der Waals surface area contributed by atoms with Crippen LogP contribution in [0.3, 0.4) is 0 Å². The Balaban J connectivity index is 1.82. The molecule has 0 amide bonds. The number of aryl methyl sites for hydroxylation is 3. The molecule has 3 aromatic rings. The minimum atomic E-state index is -0.281. The highest BCUT2D eigenvalue weighted by molar-refractivity contribution is 7.09. The number of aromatic hydroxyl groups is 1. The molecule has 0 aliphatic rings. The Morgan fingerprint density at radius 1 is 1.29 bits per heavy atom. The molecule has 0 bridgehead atoms. The summed E-state index contributed by atoms with van der Waals surface area (Å²) in [6.45, 7) is 2.10. The van der Waals surface area contributed by atoms with Crippen molar-refractivity contribution in [1.82, 2.24) is 14.4 Å². The molecule has 5 nitrogen and oxygen atoms in total. The first-order valence-electron chi connectivity index (χ1n) is 6.80. The van der Waals surface area contributed by atoms with Crippen molar-refractivity contribution in [3.8, 4) is 5.88 Å². The van der Waals surface area contributed by atoms with Gasteiger partial charge in [0.25, 0.3) is 5.56 Å². The molecule has 108 valence electrons. The summed E-state index contributed by atoms with van der Waals surface area (Å²) in [5.41, 5.74) is 2.38. The van der Waals surface area contributed by atoms with Crippen LogP contribution in [0.1, 0.15) is 23.2 Å². The second-order valence-electron chi connectivity index (χ2n) is 4.80. The molecule has 0 aliphatic carbocycles. The van der Waals surface area contributed by atoms with Gasteiger partial charge < -0.3 is 5.11 Å². The van der Waals surface area contributed by atoms with Crippen molar-refractivity contribution in [2.45, 2.75) is 26.2 Å². The minimum Gasteiger partial charge on any atom is -0.493 e. The van der Waals surface area contributed by atoms with Crippen LogP contribution < -0.4 is 5.56 Å². The van der Waals surface area contributed by atoms with Gasteiger partial charge in [0.05, 0.1) is 16.8 Å². The van der Waals surface area contributed by atoms with Crippen LogP contribution in [-0.2, 0) is 19.3 Å². The third-order valence-corrected chi connectivity index (χ3v) is 4.26. The van der Waals surface area contributed by atoms with Crippen LogP contribution in [0, 0.1) is 0 Å². The molecule has 21 heavy (non-hydrogen) atoms. The number of thiazole rings is 1. The Morgan fingerprint density at radius 3 is 2.90 bits per heavy atom. The normalized spacial score (nSPS) is 11.1. The Labute approximate surface area is 125 Å². The van der Waals surface area contributed by atoms with E-state index in [1.54, 1.807) is 17.5 Å². The van der Waals surface area contributed by atoms with Crippen LogP contribution in [-0.4, -0.2) is 19.5 Å².